The van der Waals surface area contributed by atoms with Gasteiger partial charge in [0.1, 0.15) is 38.1 Å². The van der Waals surface area contributed by atoms with Crippen molar-refractivity contribution < 1.29 is 19.5 Å². The Morgan fingerprint density at radius 3 is 2.71 bits per heavy atom. The third-order valence-corrected chi connectivity index (χ3v) is 4.22. The Labute approximate surface area is 127 Å². The van der Waals surface area contributed by atoms with Crippen LogP contribution in [-0.2, 0) is 4.74 Å². The smallest absolute Gasteiger partial charge is 0.137 e. The van der Waals surface area contributed by atoms with Gasteiger partial charge in [0.25, 0.3) is 0 Å². The zero-order valence-electron chi connectivity index (χ0n) is 13.2. The van der Waals surface area contributed by atoms with E-state index < -0.39 is 6.10 Å². The highest BCUT2D eigenvalue weighted by atomic mass is 16.5. The first-order valence-electron chi connectivity index (χ1n) is 8.01. The number of nitrogens with one attached hydrogen (secondary N) is 1. The first-order valence-corrected chi connectivity index (χ1v) is 8.01. The topological polar surface area (TPSA) is 43.1 Å². The Hall–Kier alpha value is -1.10. The Morgan fingerprint density at radius 2 is 2.00 bits per heavy atom. The number of hydrogen-bond donors (Lipinski definition) is 2. The van der Waals surface area contributed by atoms with Crippen molar-refractivity contribution >= 4 is 0 Å². The minimum atomic E-state index is -0.428. The third-order valence-electron chi connectivity index (χ3n) is 4.22. The highest BCUT2D eigenvalue weighted by molar-refractivity contribution is 5.35. The molecule has 118 valence electrons. The maximum absolute atomic E-state index is 10.2. The summed E-state index contributed by atoms with van der Waals surface area (Å²) >= 11 is 0. The van der Waals surface area contributed by atoms with E-state index in [2.05, 4.69) is 19.9 Å². The maximum Gasteiger partial charge on any atom is 0.137 e. The van der Waals surface area contributed by atoms with Crippen molar-refractivity contribution in [2.75, 3.05) is 39.5 Å². The Balaban J connectivity index is 1.84. The third kappa shape index (κ3) is 4.99. The number of hydrogen-bond acceptors (Lipinski definition) is 3. The normalized spacial score (nSPS) is 19.2. The Kier molecular flexibility index (Phi) is 6.49. The standard InChI is InChI=1S/C17H27NO3/c1-3-14(2)16-6-4-5-7-17(16)21-13-15(19)12-18-8-10-20-11-9-18/h4-7,14-15,19H,3,8-13H2,1-2H3/p+1/t14-,15-/m1/s1. The van der Waals surface area contributed by atoms with E-state index >= 15 is 0 Å². The van der Waals surface area contributed by atoms with Crippen molar-refractivity contribution in [1.82, 2.24) is 0 Å². The molecule has 21 heavy (non-hydrogen) atoms. The van der Waals surface area contributed by atoms with Crippen molar-refractivity contribution in [2.24, 2.45) is 0 Å². The first kappa shape index (κ1) is 16.3. The minimum Gasteiger partial charge on any atom is -0.490 e. The van der Waals surface area contributed by atoms with Crippen LogP contribution in [0.4, 0.5) is 0 Å². The van der Waals surface area contributed by atoms with E-state index in [1.165, 1.54) is 10.5 Å². The molecular weight excluding hydrogens is 266 g/mol. The predicted octanol–water partition coefficient (Wildman–Crippen LogP) is 0.855. The fourth-order valence-corrected chi connectivity index (χ4v) is 2.68. The van der Waals surface area contributed by atoms with E-state index in [9.17, 15) is 5.11 Å². The number of morpholine rings is 1. The number of rotatable bonds is 7. The molecule has 1 saturated heterocycles. The number of aliphatic hydroxyl groups is 1. The van der Waals surface area contributed by atoms with Crippen LogP contribution in [0.1, 0.15) is 31.7 Å². The quantitative estimate of drug-likeness (QED) is 0.784. The number of ether oxygens (including phenoxy) is 2. The number of quaternary nitrogens is 1. The van der Waals surface area contributed by atoms with Crippen molar-refractivity contribution in [1.29, 1.82) is 0 Å². The molecule has 0 amide bonds. The SMILES string of the molecule is CC[C@@H](C)c1ccccc1OC[C@H](O)C[NH+]1CCOCC1. The number of aliphatic hydroxyl groups excluding tert-OH is 1. The fourth-order valence-electron chi connectivity index (χ4n) is 2.68. The van der Waals surface area contributed by atoms with Crippen molar-refractivity contribution in [3.05, 3.63) is 29.8 Å². The van der Waals surface area contributed by atoms with Gasteiger partial charge in [0.15, 0.2) is 0 Å². The van der Waals surface area contributed by atoms with E-state index in [1.807, 2.05) is 18.2 Å². The lowest BCUT2D eigenvalue weighted by Crippen LogP contribution is -3.15. The second kappa shape index (κ2) is 8.37. The van der Waals surface area contributed by atoms with Crippen molar-refractivity contribution in [3.8, 4) is 5.75 Å². The molecule has 0 radical (unpaired) electrons. The van der Waals surface area contributed by atoms with Crippen LogP contribution in [0.3, 0.4) is 0 Å². The average molecular weight is 294 g/mol. The Morgan fingerprint density at radius 1 is 1.29 bits per heavy atom. The molecule has 1 heterocycles. The molecule has 2 rings (SSSR count). The van der Waals surface area contributed by atoms with Gasteiger partial charge < -0.3 is 19.5 Å². The Bertz CT molecular complexity index is 418. The van der Waals surface area contributed by atoms with Gasteiger partial charge in [-0.3, -0.25) is 0 Å². The largest absolute Gasteiger partial charge is 0.490 e. The summed E-state index contributed by atoms with van der Waals surface area (Å²) in [5.74, 6) is 1.38. The average Bonchev–Trinajstić information content (AvgIpc) is 2.53. The minimum absolute atomic E-state index is 0.359. The maximum atomic E-state index is 10.2. The molecule has 0 unspecified atom stereocenters. The van der Waals surface area contributed by atoms with E-state index in [1.54, 1.807) is 0 Å². The van der Waals surface area contributed by atoms with E-state index in [0.29, 0.717) is 12.5 Å². The van der Waals surface area contributed by atoms with Gasteiger partial charge in [-0.05, 0) is 24.0 Å². The second-order valence-corrected chi connectivity index (χ2v) is 5.88. The van der Waals surface area contributed by atoms with Crippen molar-refractivity contribution in [3.63, 3.8) is 0 Å². The lowest BCUT2D eigenvalue weighted by atomic mass is 9.98. The van der Waals surface area contributed by atoms with Crippen LogP contribution >= 0.6 is 0 Å². The second-order valence-electron chi connectivity index (χ2n) is 5.88. The summed E-state index contributed by atoms with van der Waals surface area (Å²) in [5.41, 5.74) is 1.23. The van der Waals surface area contributed by atoms with Crippen molar-refractivity contribution in [2.45, 2.75) is 32.3 Å². The van der Waals surface area contributed by atoms with E-state index in [-0.39, 0.29) is 0 Å². The van der Waals surface area contributed by atoms with E-state index in [0.717, 1.165) is 45.0 Å². The first-order chi connectivity index (χ1) is 10.2. The summed E-state index contributed by atoms with van der Waals surface area (Å²) in [6.07, 6.45) is 0.656. The molecule has 1 aromatic rings. The van der Waals surface area contributed by atoms with Crippen LogP contribution in [-0.4, -0.2) is 50.7 Å². The highest BCUT2D eigenvalue weighted by Crippen LogP contribution is 2.28. The van der Waals surface area contributed by atoms with Gasteiger partial charge in [-0.1, -0.05) is 32.0 Å². The van der Waals surface area contributed by atoms with Crippen LogP contribution in [0.5, 0.6) is 5.75 Å². The lowest BCUT2D eigenvalue weighted by molar-refractivity contribution is -0.911. The summed E-state index contributed by atoms with van der Waals surface area (Å²) in [6.45, 7) is 9.00. The van der Waals surface area contributed by atoms with E-state index in [4.69, 9.17) is 9.47 Å². The molecule has 0 spiro atoms. The van der Waals surface area contributed by atoms with Crippen LogP contribution < -0.4 is 9.64 Å². The molecule has 0 bridgehead atoms. The molecule has 2 atom stereocenters. The van der Waals surface area contributed by atoms with Gasteiger partial charge in [0.2, 0.25) is 0 Å². The number of benzene rings is 1. The zero-order chi connectivity index (χ0) is 15.1. The molecule has 1 aliphatic heterocycles. The summed E-state index contributed by atoms with van der Waals surface area (Å²) < 4.78 is 11.2. The van der Waals surface area contributed by atoms with Gasteiger partial charge in [-0.25, -0.2) is 0 Å². The molecule has 1 aliphatic rings. The van der Waals surface area contributed by atoms with Crippen LogP contribution in [0.2, 0.25) is 0 Å². The molecule has 4 heteroatoms. The van der Waals surface area contributed by atoms with Crippen LogP contribution in [0, 0.1) is 0 Å². The summed E-state index contributed by atoms with van der Waals surface area (Å²) in [6, 6.07) is 8.14. The fraction of sp³-hybridized carbons (Fsp3) is 0.647. The highest BCUT2D eigenvalue weighted by Gasteiger charge is 2.19. The summed E-state index contributed by atoms with van der Waals surface area (Å²) in [5, 5.41) is 10.2. The monoisotopic (exact) mass is 294 g/mol. The number of para-hydroxylation sites is 1. The summed E-state index contributed by atoms with van der Waals surface area (Å²) in [7, 11) is 0. The molecular formula is C17H28NO3+. The summed E-state index contributed by atoms with van der Waals surface area (Å²) in [4.78, 5) is 1.40. The van der Waals surface area contributed by atoms with Gasteiger partial charge in [0.05, 0.1) is 13.2 Å². The molecule has 4 nitrogen and oxygen atoms in total. The molecule has 1 aromatic carbocycles. The predicted molar refractivity (Wildman–Crippen MR) is 83.0 cm³/mol. The molecule has 2 N–H and O–H groups in total. The van der Waals surface area contributed by atoms with Crippen LogP contribution in [0.25, 0.3) is 0 Å². The molecule has 0 aromatic heterocycles. The van der Waals surface area contributed by atoms with Gasteiger partial charge in [-0.2, -0.15) is 0 Å². The molecule has 0 saturated carbocycles. The molecule has 1 fully saturated rings. The van der Waals surface area contributed by atoms with Gasteiger partial charge in [-0.15, -0.1) is 0 Å². The van der Waals surface area contributed by atoms with Crippen LogP contribution in [0.15, 0.2) is 24.3 Å². The molecule has 0 aliphatic carbocycles. The van der Waals surface area contributed by atoms with Gasteiger partial charge in [0, 0.05) is 0 Å². The van der Waals surface area contributed by atoms with Gasteiger partial charge >= 0.3 is 0 Å². The zero-order valence-corrected chi connectivity index (χ0v) is 13.2. The lowest BCUT2D eigenvalue weighted by Gasteiger charge is -2.26.